The summed E-state index contributed by atoms with van der Waals surface area (Å²) in [5.74, 6) is 1.59. The lowest BCUT2D eigenvalue weighted by molar-refractivity contribution is -0.861. The average molecular weight is 527 g/mol. The van der Waals surface area contributed by atoms with Gasteiger partial charge >= 0.3 is 0 Å². The highest BCUT2D eigenvalue weighted by Crippen LogP contribution is 2.22. The first kappa shape index (κ1) is 31.5. The number of benzene rings is 2. The maximum absolute atomic E-state index is 13.5. The van der Waals surface area contributed by atoms with Gasteiger partial charge in [-0.25, -0.2) is 0 Å². The first-order valence-electron chi connectivity index (χ1n) is 14.4. The summed E-state index contributed by atoms with van der Waals surface area (Å²) in [7, 11) is 8.28. The summed E-state index contributed by atoms with van der Waals surface area (Å²) in [5.41, 5.74) is 1.41. The van der Waals surface area contributed by atoms with Crippen LogP contribution in [0.5, 0.6) is 11.5 Å². The first-order chi connectivity index (χ1) is 18.2. The van der Waals surface area contributed by atoms with Gasteiger partial charge in [0.15, 0.2) is 11.6 Å². The van der Waals surface area contributed by atoms with Crippen LogP contribution in [0.4, 0.5) is 0 Å². The molecule has 0 saturated carbocycles. The van der Waals surface area contributed by atoms with E-state index in [2.05, 4.69) is 42.0 Å². The molecule has 210 valence electrons. The predicted molar refractivity (Wildman–Crippen MR) is 154 cm³/mol. The number of quaternary nitrogens is 2. The number of ketones is 2. The fraction of sp³-hybridized carbons (Fsp3) is 0.562. The summed E-state index contributed by atoms with van der Waals surface area (Å²) in [6, 6.07) is 15.0. The van der Waals surface area contributed by atoms with Crippen molar-refractivity contribution in [2.75, 3.05) is 54.5 Å². The van der Waals surface area contributed by atoms with Crippen LogP contribution in [0, 0.1) is 11.8 Å². The summed E-state index contributed by atoms with van der Waals surface area (Å²) in [6.45, 7) is 7.11. The van der Waals surface area contributed by atoms with Crippen molar-refractivity contribution >= 4 is 11.6 Å². The predicted octanol–water partition coefficient (Wildman–Crippen LogP) is 3.41. The molecule has 6 nitrogen and oxygen atoms in total. The highest BCUT2D eigenvalue weighted by atomic mass is 16.5. The Labute approximate surface area is 230 Å². The van der Waals surface area contributed by atoms with Crippen LogP contribution < -0.4 is 19.3 Å². The number of nitrogens with one attached hydrogen (secondary N) is 2. The molecule has 0 heterocycles. The lowest BCUT2D eigenvalue weighted by Gasteiger charge is -2.22. The molecule has 0 aliphatic heterocycles. The lowest BCUT2D eigenvalue weighted by atomic mass is 9.86. The van der Waals surface area contributed by atoms with Gasteiger partial charge in [0.1, 0.15) is 11.5 Å². The molecule has 6 heteroatoms. The van der Waals surface area contributed by atoms with E-state index in [9.17, 15) is 9.59 Å². The topological polar surface area (TPSA) is 61.5 Å². The van der Waals surface area contributed by atoms with Crippen LogP contribution in [-0.4, -0.2) is 66.1 Å². The zero-order valence-corrected chi connectivity index (χ0v) is 24.5. The number of carbonyl (C=O) groups is 2. The van der Waals surface area contributed by atoms with E-state index < -0.39 is 0 Å². The van der Waals surface area contributed by atoms with E-state index in [4.69, 9.17) is 9.47 Å². The van der Waals surface area contributed by atoms with Gasteiger partial charge in [0.25, 0.3) is 0 Å². The van der Waals surface area contributed by atoms with Gasteiger partial charge in [0.2, 0.25) is 0 Å². The Morgan fingerprint density at radius 3 is 1.26 bits per heavy atom. The van der Waals surface area contributed by atoms with E-state index in [1.165, 1.54) is 9.80 Å². The molecule has 0 amide bonds. The number of ether oxygens (including phenoxy) is 2. The van der Waals surface area contributed by atoms with Gasteiger partial charge in [-0.1, -0.05) is 26.7 Å². The van der Waals surface area contributed by atoms with Gasteiger partial charge in [0.05, 0.1) is 66.3 Å². The van der Waals surface area contributed by atoms with Crippen molar-refractivity contribution in [1.29, 1.82) is 0 Å². The first-order valence-corrected chi connectivity index (χ1v) is 14.4. The highest BCUT2D eigenvalue weighted by molar-refractivity contribution is 5.99. The molecule has 2 N–H and O–H groups in total. The molecule has 2 rings (SSSR count). The van der Waals surface area contributed by atoms with Crippen molar-refractivity contribution in [2.24, 2.45) is 11.8 Å². The largest absolute Gasteiger partial charge is 0.494 e. The van der Waals surface area contributed by atoms with Crippen LogP contribution >= 0.6 is 0 Å². The summed E-state index contributed by atoms with van der Waals surface area (Å²) in [4.78, 5) is 29.5. The summed E-state index contributed by atoms with van der Waals surface area (Å²) in [6.07, 6.45) is 5.56. The molecule has 0 aliphatic carbocycles. The van der Waals surface area contributed by atoms with Gasteiger partial charge in [0, 0.05) is 11.1 Å². The molecular weight excluding hydrogens is 476 g/mol. The second-order valence-electron chi connectivity index (χ2n) is 11.0. The van der Waals surface area contributed by atoms with E-state index >= 15 is 0 Å². The second kappa shape index (κ2) is 17.0. The van der Waals surface area contributed by atoms with Crippen molar-refractivity contribution in [1.82, 2.24) is 0 Å². The van der Waals surface area contributed by atoms with Crippen LogP contribution in [0.2, 0.25) is 0 Å². The minimum Gasteiger partial charge on any atom is -0.494 e. The standard InChI is InChI=1S/C32H48N2O4/c1-7-9-21-37-29-17-13-25(14-18-29)31(35)27(23-33(3)4)11-12-28(24-34(5)6)32(36)26-15-19-30(20-16-26)38-22-10-8-2/h13-20,27-28H,7-12,21-24H2,1-6H3/p+2. The Kier molecular flexibility index (Phi) is 14.1. The molecule has 0 fully saturated rings. The highest BCUT2D eigenvalue weighted by Gasteiger charge is 2.28. The summed E-state index contributed by atoms with van der Waals surface area (Å²) in [5, 5.41) is 0. The van der Waals surface area contributed by atoms with Crippen molar-refractivity contribution in [3.05, 3.63) is 59.7 Å². The van der Waals surface area contributed by atoms with Gasteiger partial charge in [-0.3, -0.25) is 9.59 Å². The molecule has 0 bridgehead atoms. The van der Waals surface area contributed by atoms with E-state index in [0.717, 1.165) is 50.3 Å². The smallest absolute Gasteiger partial charge is 0.171 e. The lowest BCUT2D eigenvalue weighted by Crippen LogP contribution is -3.06. The molecule has 2 aromatic rings. The molecule has 2 aromatic carbocycles. The van der Waals surface area contributed by atoms with Gasteiger partial charge in [-0.05, 0) is 74.2 Å². The zero-order valence-electron chi connectivity index (χ0n) is 24.5. The van der Waals surface area contributed by atoms with Crippen LogP contribution in [0.25, 0.3) is 0 Å². The van der Waals surface area contributed by atoms with Crippen molar-refractivity contribution in [3.63, 3.8) is 0 Å². The molecule has 0 aromatic heterocycles. The zero-order chi connectivity index (χ0) is 27.9. The number of unbranched alkanes of at least 4 members (excludes halogenated alkanes) is 2. The van der Waals surface area contributed by atoms with Crippen molar-refractivity contribution < 1.29 is 28.9 Å². The number of hydrogen-bond acceptors (Lipinski definition) is 4. The van der Waals surface area contributed by atoms with Crippen LogP contribution in [0.1, 0.15) is 73.1 Å². The monoisotopic (exact) mass is 526 g/mol. The number of carbonyl (C=O) groups excluding carboxylic acids is 2. The number of Topliss-reactive ketones (excluding diaryl/α,β-unsaturated/α-hetero) is 2. The SMILES string of the molecule is CCCCOc1ccc(C(=O)C(CCC(C[NH+](C)C)C(=O)c2ccc(OCCCC)cc2)C[NH+](C)C)cc1. The summed E-state index contributed by atoms with van der Waals surface area (Å²) >= 11 is 0. The molecule has 0 saturated heterocycles. The van der Waals surface area contributed by atoms with E-state index in [-0.39, 0.29) is 23.4 Å². The minimum atomic E-state index is -0.145. The van der Waals surface area contributed by atoms with Crippen LogP contribution in [-0.2, 0) is 0 Å². The van der Waals surface area contributed by atoms with Crippen molar-refractivity contribution in [2.45, 2.75) is 52.4 Å². The minimum absolute atomic E-state index is 0.142. The molecular formula is C32H50N2O4+2. The molecule has 2 atom stereocenters. The number of rotatable bonds is 19. The fourth-order valence-corrected chi connectivity index (χ4v) is 4.61. The van der Waals surface area contributed by atoms with Crippen LogP contribution in [0.3, 0.4) is 0 Å². The second-order valence-corrected chi connectivity index (χ2v) is 11.0. The average Bonchev–Trinajstić information content (AvgIpc) is 2.90. The molecule has 38 heavy (non-hydrogen) atoms. The van der Waals surface area contributed by atoms with Gasteiger partial charge in [-0.2, -0.15) is 0 Å². The molecule has 0 radical (unpaired) electrons. The van der Waals surface area contributed by atoms with Crippen LogP contribution in [0.15, 0.2) is 48.5 Å². The Morgan fingerprint density at radius 2 is 0.974 bits per heavy atom. The molecule has 2 unspecified atom stereocenters. The fourth-order valence-electron chi connectivity index (χ4n) is 4.61. The quantitative estimate of drug-likeness (QED) is 0.218. The summed E-state index contributed by atoms with van der Waals surface area (Å²) < 4.78 is 11.5. The van der Waals surface area contributed by atoms with Gasteiger partial charge < -0.3 is 19.3 Å². The van der Waals surface area contributed by atoms with Gasteiger partial charge in [-0.15, -0.1) is 0 Å². The maximum Gasteiger partial charge on any atom is 0.171 e. The Hall–Kier alpha value is -2.70. The molecule has 0 aliphatic rings. The third-order valence-electron chi connectivity index (χ3n) is 6.73. The maximum atomic E-state index is 13.5. The third kappa shape index (κ3) is 11.0. The Morgan fingerprint density at radius 1 is 0.632 bits per heavy atom. The Balaban J connectivity index is 2.10. The van der Waals surface area contributed by atoms with E-state index in [1.807, 2.05) is 48.5 Å². The normalized spacial score (nSPS) is 12.9. The molecule has 0 spiro atoms. The third-order valence-corrected chi connectivity index (χ3v) is 6.73. The number of hydrogen-bond donors (Lipinski definition) is 2. The van der Waals surface area contributed by atoms with Crippen molar-refractivity contribution in [3.8, 4) is 11.5 Å². The van der Waals surface area contributed by atoms with E-state index in [0.29, 0.717) is 37.2 Å². The Bertz CT molecular complexity index is 875. The van der Waals surface area contributed by atoms with E-state index in [1.54, 1.807) is 0 Å².